The molecule has 1 heterocycles. The second kappa shape index (κ2) is 3.72. The predicted octanol–water partition coefficient (Wildman–Crippen LogP) is 3.14. The van der Waals surface area contributed by atoms with E-state index in [1.807, 2.05) is 26.1 Å². The highest BCUT2D eigenvalue weighted by atomic mass is 79.9. The molecule has 0 saturated carbocycles. The third kappa shape index (κ3) is 1.53. The highest BCUT2D eigenvalue weighted by molar-refractivity contribution is 9.10. The Hall–Kier alpha value is -0.250. The first kappa shape index (κ1) is 10.3. The van der Waals surface area contributed by atoms with Crippen LogP contribution in [0.5, 0.6) is 5.75 Å². The van der Waals surface area contributed by atoms with Gasteiger partial charge in [0.2, 0.25) is 0 Å². The van der Waals surface area contributed by atoms with Crippen LogP contribution < -0.4 is 10.1 Å². The van der Waals surface area contributed by atoms with Crippen LogP contribution in [0, 0.1) is 0 Å². The molecule has 0 bridgehead atoms. The zero-order valence-corrected chi connectivity index (χ0v) is 10.3. The summed E-state index contributed by atoms with van der Waals surface area (Å²) in [5.74, 6) is 0.807. The zero-order valence-electron chi connectivity index (χ0n) is 7.97. The van der Waals surface area contributed by atoms with Gasteiger partial charge in [0, 0.05) is 10.0 Å². The van der Waals surface area contributed by atoms with Crippen LogP contribution in [-0.2, 0) is 0 Å². The molecule has 0 spiro atoms. The number of likely N-dealkylation sites (N-methyl/N-ethyl adjacent to an activating group) is 1. The smallest absolute Gasteiger partial charge is 0.143 e. The maximum absolute atomic E-state index is 6.08. The van der Waals surface area contributed by atoms with Crippen LogP contribution in [0.15, 0.2) is 16.6 Å². The summed E-state index contributed by atoms with van der Waals surface area (Å²) in [6, 6.07) is 4.12. The number of hydrogen-bond acceptors (Lipinski definition) is 2. The molecule has 14 heavy (non-hydrogen) atoms. The Kier molecular flexibility index (Phi) is 2.73. The van der Waals surface area contributed by atoms with Gasteiger partial charge in [-0.25, -0.2) is 0 Å². The van der Waals surface area contributed by atoms with Gasteiger partial charge in [0.25, 0.3) is 0 Å². The number of benzene rings is 1. The molecule has 76 valence electrons. The van der Waals surface area contributed by atoms with Gasteiger partial charge in [0.05, 0.1) is 11.1 Å². The molecule has 0 aliphatic carbocycles. The third-order valence-corrected chi connectivity index (χ3v) is 3.19. The van der Waals surface area contributed by atoms with E-state index in [9.17, 15) is 0 Å². The molecule has 1 aromatic carbocycles. The fourth-order valence-electron chi connectivity index (χ4n) is 1.83. The summed E-state index contributed by atoms with van der Waals surface area (Å²) in [5.41, 5.74) is 1.12. The summed E-state index contributed by atoms with van der Waals surface area (Å²) in [6.45, 7) is 2.03. The number of halogens is 2. The van der Waals surface area contributed by atoms with Crippen molar-refractivity contribution in [2.75, 3.05) is 7.05 Å². The second-order valence-electron chi connectivity index (χ2n) is 3.40. The summed E-state index contributed by atoms with van der Waals surface area (Å²) in [4.78, 5) is 0. The van der Waals surface area contributed by atoms with E-state index in [4.69, 9.17) is 16.3 Å². The largest absolute Gasteiger partial charge is 0.487 e. The van der Waals surface area contributed by atoms with Crippen LogP contribution in [-0.4, -0.2) is 13.2 Å². The topological polar surface area (TPSA) is 21.3 Å². The standard InChI is InChI=1S/C10H11BrClNO/c1-5-9(13-2)7-3-6(11)4-8(12)10(7)14-5/h3-5,9,13H,1-2H3. The van der Waals surface area contributed by atoms with Gasteiger partial charge in [0.1, 0.15) is 11.9 Å². The van der Waals surface area contributed by atoms with E-state index in [2.05, 4.69) is 21.2 Å². The fourth-order valence-corrected chi connectivity index (χ4v) is 2.71. The molecule has 1 aliphatic heterocycles. The van der Waals surface area contributed by atoms with Crippen molar-refractivity contribution in [3.05, 3.63) is 27.2 Å². The Morgan fingerprint density at radius 1 is 1.50 bits per heavy atom. The Labute approximate surface area is 96.7 Å². The van der Waals surface area contributed by atoms with E-state index >= 15 is 0 Å². The van der Waals surface area contributed by atoms with Gasteiger partial charge in [-0.15, -0.1) is 0 Å². The Morgan fingerprint density at radius 2 is 2.21 bits per heavy atom. The van der Waals surface area contributed by atoms with Crippen molar-refractivity contribution in [2.45, 2.75) is 19.1 Å². The molecule has 0 amide bonds. The average molecular weight is 277 g/mol. The van der Waals surface area contributed by atoms with Crippen molar-refractivity contribution >= 4 is 27.5 Å². The molecule has 0 radical (unpaired) electrons. The lowest BCUT2D eigenvalue weighted by Crippen LogP contribution is -2.25. The molecular formula is C10H11BrClNO. The van der Waals surface area contributed by atoms with Crippen LogP contribution >= 0.6 is 27.5 Å². The number of nitrogens with one attached hydrogen (secondary N) is 1. The lowest BCUT2D eigenvalue weighted by molar-refractivity contribution is 0.214. The van der Waals surface area contributed by atoms with Gasteiger partial charge in [-0.3, -0.25) is 0 Å². The van der Waals surface area contributed by atoms with E-state index in [-0.39, 0.29) is 12.1 Å². The van der Waals surface area contributed by atoms with Gasteiger partial charge in [-0.05, 0) is 26.1 Å². The molecule has 4 heteroatoms. The highest BCUT2D eigenvalue weighted by Gasteiger charge is 2.31. The van der Waals surface area contributed by atoms with Crippen molar-refractivity contribution in [2.24, 2.45) is 0 Å². The molecule has 1 aliphatic rings. The maximum Gasteiger partial charge on any atom is 0.143 e. The first-order chi connectivity index (χ1) is 6.63. The van der Waals surface area contributed by atoms with Crippen molar-refractivity contribution in [3.8, 4) is 5.75 Å². The molecule has 2 unspecified atom stereocenters. The van der Waals surface area contributed by atoms with Gasteiger partial charge in [-0.2, -0.15) is 0 Å². The van der Waals surface area contributed by atoms with Crippen LogP contribution in [0.2, 0.25) is 5.02 Å². The first-order valence-electron chi connectivity index (χ1n) is 4.46. The fraction of sp³-hybridized carbons (Fsp3) is 0.400. The Morgan fingerprint density at radius 3 is 2.86 bits per heavy atom. The van der Waals surface area contributed by atoms with Crippen LogP contribution in [0.3, 0.4) is 0 Å². The van der Waals surface area contributed by atoms with Gasteiger partial charge < -0.3 is 10.1 Å². The molecule has 2 rings (SSSR count). The van der Waals surface area contributed by atoms with Crippen molar-refractivity contribution in [1.29, 1.82) is 0 Å². The predicted molar refractivity (Wildman–Crippen MR) is 61.0 cm³/mol. The number of ether oxygens (including phenoxy) is 1. The van der Waals surface area contributed by atoms with Crippen LogP contribution in [0.1, 0.15) is 18.5 Å². The van der Waals surface area contributed by atoms with Crippen LogP contribution in [0.4, 0.5) is 0 Å². The van der Waals surface area contributed by atoms with Crippen molar-refractivity contribution in [3.63, 3.8) is 0 Å². The number of fused-ring (bicyclic) bond motifs is 1. The lowest BCUT2D eigenvalue weighted by Gasteiger charge is -2.12. The Bertz CT molecular complexity index is 369. The molecular weight excluding hydrogens is 265 g/mol. The highest BCUT2D eigenvalue weighted by Crippen LogP contribution is 2.43. The van der Waals surface area contributed by atoms with E-state index in [1.54, 1.807) is 0 Å². The minimum absolute atomic E-state index is 0.127. The molecule has 2 nitrogen and oxygen atoms in total. The van der Waals surface area contributed by atoms with E-state index in [0.29, 0.717) is 5.02 Å². The first-order valence-corrected chi connectivity index (χ1v) is 5.63. The van der Waals surface area contributed by atoms with Crippen molar-refractivity contribution < 1.29 is 4.74 Å². The van der Waals surface area contributed by atoms with Gasteiger partial charge in [-0.1, -0.05) is 27.5 Å². The molecule has 0 aromatic heterocycles. The van der Waals surface area contributed by atoms with Gasteiger partial charge >= 0.3 is 0 Å². The van der Waals surface area contributed by atoms with E-state index in [0.717, 1.165) is 15.8 Å². The average Bonchev–Trinajstić information content (AvgIpc) is 2.41. The monoisotopic (exact) mass is 275 g/mol. The summed E-state index contributed by atoms with van der Waals surface area (Å²) in [5, 5.41) is 3.89. The van der Waals surface area contributed by atoms with Gasteiger partial charge in [0.15, 0.2) is 0 Å². The summed E-state index contributed by atoms with van der Waals surface area (Å²) >= 11 is 9.50. The Balaban J connectivity index is 2.53. The third-order valence-electron chi connectivity index (χ3n) is 2.46. The normalized spacial score (nSPS) is 24.6. The minimum Gasteiger partial charge on any atom is -0.487 e. The number of rotatable bonds is 1. The zero-order chi connectivity index (χ0) is 10.3. The summed E-state index contributed by atoms with van der Waals surface area (Å²) < 4.78 is 6.67. The molecule has 0 fully saturated rings. The quantitative estimate of drug-likeness (QED) is 0.851. The molecule has 0 saturated heterocycles. The maximum atomic E-state index is 6.08. The number of hydrogen-bond donors (Lipinski definition) is 1. The van der Waals surface area contributed by atoms with E-state index < -0.39 is 0 Å². The molecule has 2 atom stereocenters. The molecule has 1 aromatic rings. The molecule has 1 N–H and O–H groups in total. The SMILES string of the molecule is CNC1c2cc(Br)cc(Cl)c2OC1C. The minimum atomic E-state index is 0.127. The summed E-state index contributed by atoms with van der Waals surface area (Å²) in [6.07, 6.45) is 0.127. The summed E-state index contributed by atoms with van der Waals surface area (Å²) in [7, 11) is 1.93. The van der Waals surface area contributed by atoms with Crippen LogP contribution in [0.25, 0.3) is 0 Å². The lowest BCUT2D eigenvalue weighted by atomic mass is 10.1. The van der Waals surface area contributed by atoms with Crippen molar-refractivity contribution in [1.82, 2.24) is 5.32 Å². The van der Waals surface area contributed by atoms with E-state index in [1.165, 1.54) is 0 Å². The second-order valence-corrected chi connectivity index (χ2v) is 4.72.